The molecule has 1 N–H and O–H groups in total. The average Bonchev–Trinajstić information content (AvgIpc) is 2.14. The van der Waals surface area contributed by atoms with Crippen LogP contribution in [0.5, 0.6) is 0 Å². The number of hydrogen-bond acceptors (Lipinski definition) is 1. The van der Waals surface area contributed by atoms with E-state index in [4.69, 9.17) is 5.11 Å². The summed E-state index contributed by atoms with van der Waals surface area (Å²) in [4.78, 5) is 0. The van der Waals surface area contributed by atoms with E-state index in [1.54, 1.807) is 13.0 Å². The molecule has 0 aromatic heterocycles. The summed E-state index contributed by atoms with van der Waals surface area (Å²) in [5.41, 5.74) is -0.230. The van der Waals surface area contributed by atoms with E-state index in [-0.39, 0.29) is 12.5 Å². The second-order valence-corrected chi connectivity index (χ2v) is 4.27. The van der Waals surface area contributed by atoms with Gasteiger partial charge in [0.25, 0.3) is 0 Å². The van der Waals surface area contributed by atoms with Gasteiger partial charge in [-0.25, -0.2) is 0 Å². The van der Waals surface area contributed by atoms with E-state index in [1.807, 2.05) is 0 Å². The van der Waals surface area contributed by atoms with Crippen LogP contribution in [0, 0.1) is 0 Å². The van der Waals surface area contributed by atoms with Gasteiger partial charge >= 0.3 is 6.18 Å². The topological polar surface area (TPSA) is 20.2 Å². The normalized spacial score (nSPS) is 14.0. The molecule has 0 heterocycles. The summed E-state index contributed by atoms with van der Waals surface area (Å²) in [6.45, 7) is 1.50. The van der Waals surface area contributed by atoms with Gasteiger partial charge in [0.15, 0.2) is 0 Å². The van der Waals surface area contributed by atoms with E-state index in [2.05, 4.69) is 15.9 Å². The Labute approximate surface area is 94.0 Å². The Morgan fingerprint density at radius 1 is 1.33 bits per heavy atom. The number of alkyl halides is 3. The first-order chi connectivity index (χ1) is 6.84. The second kappa shape index (κ2) is 4.53. The Morgan fingerprint density at radius 2 is 1.93 bits per heavy atom. The van der Waals surface area contributed by atoms with Gasteiger partial charge in [0.2, 0.25) is 0 Å². The highest BCUT2D eigenvalue weighted by atomic mass is 79.9. The Kier molecular flexibility index (Phi) is 3.78. The number of aliphatic hydroxyl groups is 1. The first-order valence-electron chi connectivity index (χ1n) is 4.33. The van der Waals surface area contributed by atoms with Crippen LogP contribution in [0.25, 0.3) is 0 Å². The van der Waals surface area contributed by atoms with E-state index in [0.717, 1.165) is 12.1 Å². The van der Waals surface area contributed by atoms with Crippen LogP contribution in [0.2, 0.25) is 0 Å². The maximum Gasteiger partial charge on any atom is 0.416 e. The van der Waals surface area contributed by atoms with Crippen LogP contribution in [0.15, 0.2) is 22.7 Å². The molecule has 0 radical (unpaired) electrons. The largest absolute Gasteiger partial charge is 0.416 e. The maximum atomic E-state index is 12.4. The fourth-order valence-electron chi connectivity index (χ4n) is 1.17. The molecule has 0 amide bonds. The van der Waals surface area contributed by atoms with Crippen molar-refractivity contribution in [2.75, 3.05) is 6.61 Å². The molecule has 0 aliphatic rings. The summed E-state index contributed by atoms with van der Waals surface area (Å²) in [5, 5.41) is 8.88. The van der Waals surface area contributed by atoms with Crippen LogP contribution in [0.1, 0.15) is 24.0 Å². The van der Waals surface area contributed by atoms with Crippen LogP contribution in [0.4, 0.5) is 13.2 Å². The minimum atomic E-state index is -4.35. The van der Waals surface area contributed by atoms with Crippen molar-refractivity contribution in [1.29, 1.82) is 0 Å². The molecular weight excluding hydrogens is 273 g/mol. The summed E-state index contributed by atoms with van der Waals surface area (Å²) in [5.74, 6) is -0.302. The van der Waals surface area contributed by atoms with Crippen molar-refractivity contribution < 1.29 is 18.3 Å². The van der Waals surface area contributed by atoms with Gasteiger partial charge in [0.1, 0.15) is 0 Å². The van der Waals surface area contributed by atoms with Gasteiger partial charge < -0.3 is 5.11 Å². The molecule has 1 nitrogen and oxygen atoms in total. The Morgan fingerprint density at radius 3 is 2.40 bits per heavy atom. The minimum Gasteiger partial charge on any atom is -0.396 e. The monoisotopic (exact) mass is 282 g/mol. The van der Waals surface area contributed by atoms with Crippen molar-refractivity contribution in [3.05, 3.63) is 33.8 Å². The van der Waals surface area contributed by atoms with E-state index >= 15 is 0 Å². The SMILES string of the molecule is CC(CO)c1cc(Br)cc(C(F)(F)F)c1. The molecule has 84 valence electrons. The smallest absolute Gasteiger partial charge is 0.396 e. The third-order valence-electron chi connectivity index (χ3n) is 2.09. The first-order valence-corrected chi connectivity index (χ1v) is 5.12. The quantitative estimate of drug-likeness (QED) is 0.879. The number of rotatable bonds is 2. The number of benzene rings is 1. The van der Waals surface area contributed by atoms with Crippen molar-refractivity contribution in [3.63, 3.8) is 0 Å². The molecule has 0 saturated heterocycles. The van der Waals surface area contributed by atoms with E-state index in [9.17, 15) is 13.2 Å². The van der Waals surface area contributed by atoms with Crippen molar-refractivity contribution in [2.45, 2.75) is 19.0 Å². The lowest BCUT2D eigenvalue weighted by molar-refractivity contribution is -0.137. The van der Waals surface area contributed by atoms with Crippen molar-refractivity contribution in [1.82, 2.24) is 0 Å². The molecule has 1 aromatic rings. The molecular formula is C10H10BrF3O. The highest BCUT2D eigenvalue weighted by molar-refractivity contribution is 9.10. The number of hydrogen-bond donors (Lipinski definition) is 1. The minimum absolute atomic E-state index is 0.173. The van der Waals surface area contributed by atoms with Gasteiger partial charge in [-0.2, -0.15) is 13.2 Å². The van der Waals surface area contributed by atoms with Gasteiger partial charge in [-0.15, -0.1) is 0 Å². The Bertz CT molecular complexity index is 349. The summed E-state index contributed by atoms with van der Waals surface area (Å²) in [7, 11) is 0. The third kappa shape index (κ3) is 3.21. The lowest BCUT2D eigenvalue weighted by atomic mass is 10.00. The van der Waals surface area contributed by atoms with E-state index < -0.39 is 11.7 Å². The van der Waals surface area contributed by atoms with Gasteiger partial charge in [-0.1, -0.05) is 22.9 Å². The highest BCUT2D eigenvalue weighted by Crippen LogP contribution is 2.33. The molecule has 1 rings (SSSR count). The molecule has 5 heteroatoms. The number of aliphatic hydroxyl groups excluding tert-OH is 1. The Balaban J connectivity index is 3.17. The van der Waals surface area contributed by atoms with Crippen LogP contribution in [-0.2, 0) is 6.18 Å². The first kappa shape index (κ1) is 12.5. The highest BCUT2D eigenvalue weighted by Gasteiger charge is 2.31. The van der Waals surface area contributed by atoms with Gasteiger partial charge in [-0.3, -0.25) is 0 Å². The van der Waals surface area contributed by atoms with Crippen LogP contribution >= 0.6 is 15.9 Å². The third-order valence-corrected chi connectivity index (χ3v) is 2.55. The summed E-state index contributed by atoms with van der Waals surface area (Å²) in [6, 6.07) is 3.66. The van der Waals surface area contributed by atoms with E-state index in [0.29, 0.717) is 10.0 Å². The van der Waals surface area contributed by atoms with Crippen molar-refractivity contribution in [3.8, 4) is 0 Å². The van der Waals surface area contributed by atoms with Gasteiger partial charge in [0, 0.05) is 17.0 Å². The van der Waals surface area contributed by atoms with E-state index in [1.165, 1.54) is 0 Å². The lowest BCUT2D eigenvalue weighted by Crippen LogP contribution is -2.07. The molecule has 0 bridgehead atoms. The van der Waals surface area contributed by atoms with Gasteiger partial charge in [0.05, 0.1) is 5.56 Å². The molecule has 15 heavy (non-hydrogen) atoms. The molecule has 1 unspecified atom stereocenters. The van der Waals surface area contributed by atoms with Crippen LogP contribution in [-0.4, -0.2) is 11.7 Å². The second-order valence-electron chi connectivity index (χ2n) is 3.35. The predicted molar refractivity (Wildman–Crippen MR) is 54.6 cm³/mol. The molecule has 0 saturated carbocycles. The molecule has 0 fully saturated rings. The van der Waals surface area contributed by atoms with Gasteiger partial charge in [-0.05, 0) is 23.8 Å². The average molecular weight is 283 g/mol. The molecule has 1 aromatic carbocycles. The molecule has 1 atom stereocenters. The standard InChI is InChI=1S/C10H10BrF3O/c1-6(5-15)7-2-8(10(12,13)14)4-9(11)3-7/h2-4,6,15H,5H2,1H3. The van der Waals surface area contributed by atoms with Crippen molar-refractivity contribution in [2.24, 2.45) is 0 Å². The zero-order valence-corrected chi connectivity index (χ0v) is 9.56. The molecule has 0 aliphatic carbocycles. The lowest BCUT2D eigenvalue weighted by Gasteiger charge is -2.13. The van der Waals surface area contributed by atoms with Crippen molar-refractivity contribution >= 4 is 15.9 Å². The molecule has 0 spiro atoms. The summed E-state index contributed by atoms with van der Waals surface area (Å²) in [6.07, 6.45) is -4.35. The number of halogens is 4. The summed E-state index contributed by atoms with van der Waals surface area (Å²) < 4.78 is 37.7. The zero-order chi connectivity index (χ0) is 11.6. The molecule has 0 aliphatic heterocycles. The van der Waals surface area contributed by atoms with Crippen LogP contribution in [0.3, 0.4) is 0 Å². The predicted octanol–water partition coefficient (Wildman–Crippen LogP) is 3.56. The Hall–Kier alpha value is -0.550. The zero-order valence-electron chi connectivity index (χ0n) is 7.98. The maximum absolute atomic E-state index is 12.4. The fraction of sp³-hybridized carbons (Fsp3) is 0.400. The summed E-state index contributed by atoms with van der Waals surface area (Å²) >= 11 is 3.02. The fourth-order valence-corrected chi connectivity index (χ4v) is 1.68. The van der Waals surface area contributed by atoms with Crippen LogP contribution < -0.4 is 0 Å².